The van der Waals surface area contributed by atoms with Gasteiger partial charge in [-0.25, -0.2) is 4.98 Å². The first-order valence-electron chi connectivity index (χ1n) is 9.63. The summed E-state index contributed by atoms with van der Waals surface area (Å²) in [6, 6.07) is 16.0. The van der Waals surface area contributed by atoms with E-state index < -0.39 is 0 Å². The summed E-state index contributed by atoms with van der Waals surface area (Å²) in [6.07, 6.45) is 0. The van der Waals surface area contributed by atoms with Crippen LogP contribution in [0.3, 0.4) is 0 Å². The van der Waals surface area contributed by atoms with Gasteiger partial charge in [-0.2, -0.15) is 0 Å². The zero-order valence-electron chi connectivity index (χ0n) is 16.4. The van der Waals surface area contributed by atoms with Gasteiger partial charge in [-0.1, -0.05) is 38.1 Å². The number of aryl methyl sites for hydroxylation is 1. The minimum absolute atomic E-state index is 0.0357. The molecule has 0 saturated heterocycles. The van der Waals surface area contributed by atoms with Gasteiger partial charge >= 0.3 is 0 Å². The highest BCUT2D eigenvalue weighted by Crippen LogP contribution is 2.15. The fraction of sp³-hybridized carbons (Fsp3) is 0.364. The molecule has 1 aromatic heterocycles. The van der Waals surface area contributed by atoms with E-state index in [0.29, 0.717) is 18.7 Å². The Bertz CT molecular complexity index is 894. The first kappa shape index (κ1) is 19.1. The zero-order chi connectivity index (χ0) is 19.2. The van der Waals surface area contributed by atoms with Crippen molar-refractivity contribution in [1.29, 1.82) is 0 Å². The van der Waals surface area contributed by atoms with Crippen LogP contribution < -0.4 is 5.32 Å². The molecule has 5 heteroatoms. The van der Waals surface area contributed by atoms with Crippen molar-refractivity contribution in [3.8, 4) is 0 Å². The number of nitrogens with zero attached hydrogens (tertiary/aromatic N) is 3. The number of para-hydroxylation sites is 2. The van der Waals surface area contributed by atoms with Gasteiger partial charge in [0, 0.05) is 25.2 Å². The van der Waals surface area contributed by atoms with Crippen molar-refractivity contribution < 1.29 is 4.79 Å². The summed E-state index contributed by atoms with van der Waals surface area (Å²) in [7, 11) is 0. The second-order valence-corrected chi connectivity index (χ2v) is 6.71. The van der Waals surface area contributed by atoms with E-state index in [9.17, 15) is 4.79 Å². The van der Waals surface area contributed by atoms with Gasteiger partial charge in [-0.05, 0) is 49.8 Å². The smallest absolute Gasteiger partial charge is 0.251 e. The number of benzene rings is 2. The van der Waals surface area contributed by atoms with Crippen LogP contribution in [0.25, 0.3) is 11.0 Å². The van der Waals surface area contributed by atoms with Crippen molar-refractivity contribution in [3.63, 3.8) is 0 Å². The van der Waals surface area contributed by atoms with Gasteiger partial charge in [0.1, 0.15) is 5.82 Å². The third-order valence-electron chi connectivity index (χ3n) is 4.98. The maximum absolute atomic E-state index is 12.4. The monoisotopic (exact) mass is 364 g/mol. The van der Waals surface area contributed by atoms with E-state index in [1.165, 1.54) is 5.56 Å². The Morgan fingerprint density at radius 2 is 1.78 bits per heavy atom. The molecule has 27 heavy (non-hydrogen) atoms. The van der Waals surface area contributed by atoms with Crippen LogP contribution in [-0.2, 0) is 13.1 Å². The van der Waals surface area contributed by atoms with Crippen molar-refractivity contribution in [3.05, 3.63) is 65.5 Å². The summed E-state index contributed by atoms with van der Waals surface area (Å²) in [5.74, 6) is 0.928. The van der Waals surface area contributed by atoms with Crippen LogP contribution in [0, 0.1) is 6.92 Å². The molecule has 1 heterocycles. The molecule has 0 aliphatic heterocycles. The third-order valence-corrected chi connectivity index (χ3v) is 4.98. The Morgan fingerprint density at radius 1 is 1.07 bits per heavy atom. The molecule has 0 radical (unpaired) electrons. The predicted molar refractivity (Wildman–Crippen MR) is 110 cm³/mol. The van der Waals surface area contributed by atoms with Crippen LogP contribution in [0.2, 0.25) is 0 Å². The van der Waals surface area contributed by atoms with Crippen molar-refractivity contribution >= 4 is 16.9 Å². The highest BCUT2D eigenvalue weighted by Gasteiger charge is 2.09. The summed E-state index contributed by atoms with van der Waals surface area (Å²) in [4.78, 5) is 19.3. The van der Waals surface area contributed by atoms with Gasteiger partial charge in [-0.15, -0.1) is 0 Å². The maximum atomic E-state index is 12.4. The van der Waals surface area contributed by atoms with E-state index in [4.69, 9.17) is 0 Å². The number of nitrogens with one attached hydrogen (secondary N) is 1. The van der Waals surface area contributed by atoms with Crippen molar-refractivity contribution in [2.45, 2.75) is 33.9 Å². The number of amides is 1. The molecule has 0 bridgehead atoms. The molecule has 0 fully saturated rings. The molecule has 0 aliphatic carbocycles. The van der Waals surface area contributed by atoms with Crippen molar-refractivity contribution in [1.82, 2.24) is 19.8 Å². The van der Waals surface area contributed by atoms with Crippen LogP contribution in [0.4, 0.5) is 0 Å². The Kier molecular flexibility index (Phi) is 6.24. The molecule has 0 atom stereocenters. The standard InChI is InChI=1S/C22H28N4O/c1-4-25(5-2)16-18-10-12-19(13-11-18)22(27)23-14-15-26-17(3)24-20-8-6-7-9-21(20)26/h6-13H,4-5,14-16H2,1-3H3,(H,23,27). The summed E-state index contributed by atoms with van der Waals surface area (Å²) in [5.41, 5.74) is 4.02. The lowest BCUT2D eigenvalue weighted by molar-refractivity contribution is 0.0952. The van der Waals surface area contributed by atoms with E-state index in [2.05, 4.69) is 39.7 Å². The molecule has 3 rings (SSSR count). The third kappa shape index (κ3) is 4.55. The van der Waals surface area contributed by atoms with E-state index in [-0.39, 0.29) is 5.91 Å². The molecule has 142 valence electrons. The van der Waals surface area contributed by atoms with E-state index >= 15 is 0 Å². The molecular weight excluding hydrogens is 336 g/mol. The molecule has 2 aromatic carbocycles. The lowest BCUT2D eigenvalue weighted by Crippen LogP contribution is -2.27. The summed E-state index contributed by atoms with van der Waals surface area (Å²) in [5, 5.41) is 3.01. The van der Waals surface area contributed by atoms with E-state index in [1.807, 2.05) is 49.4 Å². The predicted octanol–water partition coefficient (Wildman–Crippen LogP) is 3.62. The molecule has 5 nitrogen and oxygen atoms in total. The SMILES string of the molecule is CCN(CC)Cc1ccc(C(=O)NCCn2c(C)nc3ccccc32)cc1. The van der Waals surface area contributed by atoms with E-state index in [1.54, 1.807) is 0 Å². The Hall–Kier alpha value is -2.66. The van der Waals surface area contributed by atoms with Crippen LogP contribution in [-0.4, -0.2) is 40.0 Å². The molecule has 1 N–H and O–H groups in total. The Balaban J connectivity index is 1.57. The number of fused-ring (bicyclic) bond motifs is 1. The number of carbonyl (C=O) groups is 1. The average molecular weight is 364 g/mol. The van der Waals surface area contributed by atoms with Crippen LogP contribution in [0.5, 0.6) is 0 Å². The first-order valence-corrected chi connectivity index (χ1v) is 9.63. The molecular formula is C22H28N4O. The maximum Gasteiger partial charge on any atom is 0.251 e. The van der Waals surface area contributed by atoms with Crippen LogP contribution in [0.15, 0.2) is 48.5 Å². The van der Waals surface area contributed by atoms with Gasteiger partial charge in [0.05, 0.1) is 11.0 Å². The first-order chi connectivity index (χ1) is 13.1. The number of hydrogen-bond donors (Lipinski definition) is 1. The second kappa shape index (κ2) is 8.82. The summed E-state index contributed by atoms with van der Waals surface area (Å²) < 4.78 is 2.14. The summed E-state index contributed by atoms with van der Waals surface area (Å²) >= 11 is 0. The van der Waals surface area contributed by atoms with Gasteiger partial charge < -0.3 is 9.88 Å². The normalized spacial score (nSPS) is 11.3. The molecule has 0 unspecified atom stereocenters. The minimum Gasteiger partial charge on any atom is -0.350 e. The van der Waals surface area contributed by atoms with Gasteiger partial charge in [-0.3, -0.25) is 9.69 Å². The lowest BCUT2D eigenvalue weighted by Gasteiger charge is -2.18. The highest BCUT2D eigenvalue weighted by molar-refractivity contribution is 5.94. The number of imidazole rings is 1. The minimum atomic E-state index is -0.0357. The molecule has 3 aromatic rings. The van der Waals surface area contributed by atoms with Crippen LogP contribution in [0.1, 0.15) is 35.6 Å². The quantitative estimate of drug-likeness (QED) is 0.664. The van der Waals surface area contributed by atoms with Gasteiger partial charge in [0.25, 0.3) is 5.91 Å². The Labute approximate surface area is 161 Å². The second-order valence-electron chi connectivity index (χ2n) is 6.71. The number of rotatable bonds is 8. The van der Waals surface area contributed by atoms with Gasteiger partial charge in [0.2, 0.25) is 0 Å². The number of carbonyl (C=O) groups excluding carboxylic acids is 1. The fourth-order valence-electron chi connectivity index (χ4n) is 3.33. The highest BCUT2D eigenvalue weighted by atomic mass is 16.1. The number of aromatic nitrogens is 2. The molecule has 1 amide bonds. The van der Waals surface area contributed by atoms with E-state index in [0.717, 1.165) is 36.5 Å². The topological polar surface area (TPSA) is 50.2 Å². The zero-order valence-corrected chi connectivity index (χ0v) is 16.4. The molecule has 0 saturated carbocycles. The lowest BCUT2D eigenvalue weighted by atomic mass is 10.1. The fourth-order valence-corrected chi connectivity index (χ4v) is 3.33. The summed E-state index contributed by atoms with van der Waals surface area (Å²) in [6.45, 7) is 10.6. The molecule has 0 spiro atoms. The van der Waals surface area contributed by atoms with Gasteiger partial charge in [0.15, 0.2) is 0 Å². The van der Waals surface area contributed by atoms with Crippen LogP contribution >= 0.6 is 0 Å². The van der Waals surface area contributed by atoms with Crippen molar-refractivity contribution in [2.75, 3.05) is 19.6 Å². The largest absolute Gasteiger partial charge is 0.350 e. The molecule has 0 aliphatic rings. The average Bonchev–Trinajstić information content (AvgIpc) is 3.02. The Morgan fingerprint density at radius 3 is 2.48 bits per heavy atom. The van der Waals surface area contributed by atoms with Crippen molar-refractivity contribution in [2.24, 2.45) is 0 Å². The number of hydrogen-bond acceptors (Lipinski definition) is 3.